The zero-order valence-corrected chi connectivity index (χ0v) is 25.5. The molecule has 2 saturated heterocycles. The van der Waals surface area contributed by atoms with Crippen LogP contribution in [-0.2, 0) is 16.8 Å². The zero-order valence-electron chi connectivity index (χ0n) is 23.9. The summed E-state index contributed by atoms with van der Waals surface area (Å²) in [7, 11) is -4.72. The van der Waals surface area contributed by atoms with Gasteiger partial charge < -0.3 is 20.9 Å². The molecule has 2 aromatic carbocycles. The van der Waals surface area contributed by atoms with Crippen molar-refractivity contribution in [1.29, 1.82) is 10.7 Å². The Morgan fingerprint density at radius 1 is 1.22 bits per heavy atom. The van der Waals surface area contributed by atoms with E-state index in [4.69, 9.17) is 27.5 Å². The first-order valence-electron chi connectivity index (χ1n) is 13.9. The molecule has 5 N–H and O–H groups in total. The number of ether oxygens (including phenoxy) is 1. The number of amidine groups is 1. The van der Waals surface area contributed by atoms with Gasteiger partial charge in [0.15, 0.2) is 0 Å². The molecule has 2 fully saturated rings. The van der Waals surface area contributed by atoms with Gasteiger partial charge in [0.05, 0.1) is 22.7 Å². The number of nitriles is 1. The van der Waals surface area contributed by atoms with Crippen LogP contribution in [-0.4, -0.2) is 88.2 Å². The normalized spacial score (nSPS) is 21.2. The van der Waals surface area contributed by atoms with Gasteiger partial charge in [0.2, 0.25) is 5.88 Å². The Hall–Kier alpha value is -4.05. The van der Waals surface area contributed by atoms with Crippen molar-refractivity contribution >= 4 is 33.6 Å². The van der Waals surface area contributed by atoms with Crippen molar-refractivity contribution in [1.82, 2.24) is 23.7 Å². The molecule has 2 aliphatic rings. The molecule has 0 saturated carbocycles. The number of hydrogen-bond acceptors (Lipinski definition) is 9. The van der Waals surface area contributed by atoms with Crippen LogP contribution in [0.15, 0.2) is 48.5 Å². The number of carbonyl (C=O) groups is 1. The Morgan fingerprint density at radius 2 is 1.91 bits per heavy atom. The standard InChI is InChI=1S/C28H28ClF3N8O5S/c29-21-4-2-1-3-19(21)26(42)40-27(45-15-16-5-7-17(8-6-16)25(34)35)20(13-33)22(37-40)23-24(28(30,31)32)39(12-10-36-23)46(43,44)38-11-9-18(41)14-38/h1-8,18,23-24,36,41H,9-12,14-15H2,(H3,34,35). The third kappa shape index (κ3) is 6.45. The highest BCUT2D eigenvalue weighted by Crippen LogP contribution is 2.41. The number of aliphatic hydroxyl groups excluding tert-OH is 1. The summed E-state index contributed by atoms with van der Waals surface area (Å²) in [5.41, 5.74) is 5.25. The number of β-amino-alcohol motifs (C(OH)–C–C–N with tert-alkyl or cyclic N) is 1. The van der Waals surface area contributed by atoms with E-state index in [1.807, 2.05) is 0 Å². The smallest absolute Gasteiger partial charge is 0.407 e. The molecule has 3 aromatic rings. The van der Waals surface area contributed by atoms with E-state index in [2.05, 4.69) is 10.4 Å². The number of nitrogens with two attached hydrogens (primary N) is 1. The molecule has 244 valence electrons. The third-order valence-electron chi connectivity index (χ3n) is 7.62. The van der Waals surface area contributed by atoms with Crippen molar-refractivity contribution < 1.29 is 36.2 Å². The number of benzene rings is 2. The number of alkyl halides is 3. The van der Waals surface area contributed by atoms with Gasteiger partial charge in [-0.05, 0) is 24.1 Å². The fraction of sp³-hybridized carbons (Fsp3) is 0.357. The van der Waals surface area contributed by atoms with Crippen LogP contribution in [0.4, 0.5) is 13.2 Å². The number of rotatable bonds is 8. The monoisotopic (exact) mass is 680 g/mol. The molecule has 0 spiro atoms. The maximum absolute atomic E-state index is 14.8. The molecular weight excluding hydrogens is 653 g/mol. The molecule has 3 atom stereocenters. The molecule has 0 aliphatic carbocycles. The second-order valence-electron chi connectivity index (χ2n) is 10.6. The molecule has 0 radical (unpaired) electrons. The van der Waals surface area contributed by atoms with Crippen molar-refractivity contribution in [2.24, 2.45) is 5.73 Å². The van der Waals surface area contributed by atoms with Crippen LogP contribution in [0.1, 0.15) is 45.2 Å². The summed E-state index contributed by atoms with van der Waals surface area (Å²) in [6.45, 7) is -1.61. The lowest BCUT2D eigenvalue weighted by Crippen LogP contribution is -2.63. The first kappa shape index (κ1) is 33.3. The SMILES string of the molecule is N#Cc1c(C2NCCN(S(=O)(=O)N3CCC(O)C3)C2C(F)(F)F)nn(C(=O)c2ccccc2Cl)c1OCc1ccc(C(=N)N)cc1. The predicted molar refractivity (Wildman–Crippen MR) is 158 cm³/mol. The van der Waals surface area contributed by atoms with Gasteiger partial charge in [0.1, 0.15) is 35.8 Å². The van der Waals surface area contributed by atoms with Crippen molar-refractivity contribution in [3.63, 3.8) is 0 Å². The minimum Gasteiger partial charge on any atom is -0.472 e. The van der Waals surface area contributed by atoms with E-state index in [9.17, 15) is 36.8 Å². The number of nitrogen functional groups attached to an aromatic ring is 1. The van der Waals surface area contributed by atoms with Crippen LogP contribution in [0.5, 0.6) is 5.88 Å². The Bertz CT molecular complexity index is 1800. The van der Waals surface area contributed by atoms with E-state index in [1.165, 1.54) is 30.3 Å². The fourth-order valence-electron chi connectivity index (χ4n) is 5.37. The number of halogens is 4. The number of nitrogens with zero attached hydrogens (tertiary/aromatic N) is 5. The van der Waals surface area contributed by atoms with E-state index in [1.54, 1.807) is 24.3 Å². The number of aliphatic hydroxyl groups is 1. The number of carbonyl (C=O) groups excluding carboxylic acids is 1. The third-order valence-corrected chi connectivity index (χ3v) is 9.94. The van der Waals surface area contributed by atoms with Crippen molar-refractivity contribution in [2.45, 2.75) is 37.4 Å². The summed E-state index contributed by atoms with van der Waals surface area (Å²) in [6, 6.07) is 9.20. The first-order chi connectivity index (χ1) is 21.7. The van der Waals surface area contributed by atoms with Gasteiger partial charge in [-0.3, -0.25) is 10.2 Å². The second-order valence-corrected chi connectivity index (χ2v) is 12.9. The molecule has 2 aliphatic heterocycles. The average molecular weight is 681 g/mol. The van der Waals surface area contributed by atoms with Gasteiger partial charge in [-0.15, -0.1) is 0 Å². The number of hydrogen-bond donors (Lipinski definition) is 4. The molecule has 46 heavy (non-hydrogen) atoms. The molecule has 0 bridgehead atoms. The second kappa shape index (κ2) is 13.0. The molecule has 1 aromatic heterocycles. The van der Waals surface area contributed by atoms with Gasteiger partial charge in [-0.25, -0.2) is 0 Å². The molecule has 0 amide bonds. The van der Waals surface area contributed by atoms with Crippen molar-refractivity contribution in [3.05, 3.63) is 81.5 Å². The quantitative estimate of drug-likeness (QED) is 0.204. The highest BCUT2D eigenvalue weighted by molar-refractivity contribution is 7.86. The molecule has 13 nitrogen and oxygen atoms in total. The summed E-state index contributed by atoms with van der Waals surface area (Å²) in [5.74, 6) is -1.57. The van der Waals surface area contributed by atoms with Crippen LogP contribution in [0, 0.1) is 16.7 Å². The summed E-state index contributed by atoms with van der Waals surface area (Å²) in [6.07, 6.45) is -6.11. The van der Waals surface area contributed by atoms with Crippen LogP contribution >= 0.6 is 11.6 Å². The minimum absolute atomic E-state index is 0.00265. The number of nitrogens with one attached hydrogen (secondary N) is 2. The van der Waals surface area contributed by atoms with Gasteiger partial charge >= 0.3 is 6.18 Å². The highest BCUT2D eigenvalue weighted by Gasteiger charge is 2.57. The summed E-state index contributed by atoms with van der Waals surface area (Å²) in [4.78, 5) is 13.7. The Balaban J connectivity index is 1.60. The molecular formula is C28H28ClF3N8O5S. The number of piperazine rings is 1. The lowest BCUT2D eigenvalue weighted by atomic mass is 9.99. The fourth-order valence-corrected chi connectivity index (χ4v) is 7.43. The van der Waals surface area contributed by atoms with E-state index < -0.39 is 64.2 Å². The van der Waals surface area contributed by atoms with E-state index >= 15 is 0 Å². The molecule has 3 heterocycles. The maximum atomic E-state index is 14.8. The Kier molecular flexibility index (Phi) is 9.40. The first-order valence-corrected chi connectivity index (χ1v) is 15.6. The van der Waals surface area contributed by atoms with E-state index in [-0.39, 0.29) is 49.1 Å². The van der Waals surface area contributed by atoms with Crippen LogP contribution in [0.2, 0.25) is 5.02 Å². The lowest BCUT2D eigenvalue weighted by Gasteiger charge is -2.42. The van der Waals surface area contributed by atoms with Gasteiger partial charge in [0, 0.05) is 31.7 Å². The molecule has 5 rings (SSSR count). The van der Waals surface area contributed by atoms with Gasteiger partial charge in [0.25, 0.3) is 16.1 Å². The van der Waals surface area contributed by atoms with E-state index in [0.29, 0.717) is 20.1 Å². The average Bonchev–Trinajstić information content (AvgIpc) is 3.63. The summed E-state index contributed by atoms with van der Waals surface area (Å²) in [5, 5.41) is 34.4. The van der Waals surface area contributed by atoms with Crippen molar-refractivity contribution in [2.75, 3.05) is 26.2 Å². The van der Waals surface area contributed by atoms with Gasteiger partial charge in [-0.1, -0.05) is 48.0 Å². The summed E-state index contributed by atoms with van der Waals surface area (Å²) < 4.78 is 79.0. The molecule has 3 unspecified atom stereocenters. The Morgan fingerprint density at radius 3 is 2.50 bits per heavy atom. The van der Waals surface area contributed by atoms with Crippen LogP contribution in [0.25, 0.3) is 0 Å². The van der Waals surface area contributed by atoms with Crippen molar-refractivity contribution in [3.8, 4) is 11.9 Å². The summed E-state index contributed by atoms with van der Waals surface area (Å²) >= 11 is 6.24. The van der Waals surface area contributed by atoms with E-state index in [0.717, 1.165) is 4.31 Å². The largest absolute Gasteiger partial charge is 0.472 e. The minimum atomic E-state index is -5.16. The Labute approximate surface area is 266 Å². The predicted octanol–water partition coefficient (Wildman–Crippen LogP) is 2.15. The molecule has 18 heteroatoms. The topological polar surface area (TPSA) is 191 Å². The van der Waals surface area contributed by atoms with Gasteiger partial charge in [-0.2, -0.15) is 45.2 Å². The van der Waals surface area contributed by atoms with Crippen LogP contribution in [0.3, 0.4) is 0 Å². The van der Waals surface area contributed by atoms with Crippen LogP contribution < -0.4 is 15.8 Å². The maximum Gasteiger partial charge on any atom is 0.407 e. The zero-order chi connectivity index (χ0) is 33.4. The highest BCUT2D eigenvalue weighted by atomic mass is 35.5. The lowest BCUT2D eigenvalue weighted by molar-refractivity contribution is -0.185. The number of aromatic nitrogens is 2.